The van der Waals surface area contributed by atoms with Gasteiger partial charge in [-0.1, -0.05) is 12.5 Å². The van der Waals surface area contributed by atoms with Crippen LogP contribution >= 0.6 is 11.3 Å². The van der Waals surface area contributed by atoms with Gasteiger partial charge in [-0.3, -0.25) is 20.0 Å². The first kappa shape index (κ1) is 22.4. The fourth-order valence-corrected chi connectivity index (χ4v) is 6.39. The SMILES string of the molecule is Cc1ccc(-c2cncc3c2NC(c2[nH]nc4ccc(-c5cncc(CN6CCCCC6)c5)cc24)N3)s1. The predicted molar refractivity (Wildman–Crippen MR) is 151 cm³/mol. The number of nitrogens with zero attached hydrogens (tertiary/aromatic N) is 4. The van der Waals surface area contributed by atoms with Crippen LogP contribution in [0, 0.1) is 6.92 Å². The lowest BCUT2D eigenvalue weighted by Gasteiger charge is -2.26. The number of hydrogen-bond donors (Lipinski definition) is 3. The molecule has 4 aromatic heterocycles. The van der Waals surface area contributed by atoms with Crippen LogP contribution in [-0.4, -0.2) is 38.2 Å². The average molecular weight is 508 g/mol. The zero-order valence-electron chi connectivity index (χ0n) is 20.8. The van der Waals surface area contributed by atoms with Gasteiger partial charge in [0.15, 0.2) is 0 Å². The van der Waals surface area contributed by atoms with Crippen molar-refractivity contribution in [3.63, 3.8) is 0 Å². The number of thiophene rings is 1. The normalized spacial score (nSPS) is 17.5. The number of pyridine rings is 2. The van der Waals surface area contributed by atoms with Crippen LogP contribution in [0.5, 0.6) is 0 Å². The molecule has 3 N–H and O–H groups in total. The summed E-state index contributed by atoms with van der Waals surface area (Å²) in [5, 5.41) is 16.3. The van der Waals surface area contributed by atoms with Crippen molar-refractivity contribution < 1.29 is 0 Å². The van der Waals surface area contributed by atoms with E-state index in [2.05, 4.69) is 79.0 Å². The molecule has 8 heteroatoms. The Morgan fingerprint density at radius 2 is 1.81 bits per heavy atom. The highest BCUT2D eigenvalue weighted by molar-refractivity contribution is 7.15. The van der Waals surface area contributed by atoms with Crippen LogP contribution in [0.15, 0.2) is 61.2 Å². The lowest BCUT2D eigenvalue weighted by Crippen LogP contribution is -2.29. The number of benzene rings is 1. The quantitative estimate of drug-likeness (QED) is 0.249. The van der Waals surface area contributed by atoms with E-state index < -0.39 is 0 Å². The number of nitrogens with one attached hydrogen (secondary N) is 3. The molecule has 6 heterocycles. The van der Waals surface area contributed by atoms with Crippen molar-refractivity contribution in [1.82, 2.24) is 25.1 Å². The number of rotatable bonds is 5. The van der Waals surface area contributed by atoms with Gasteiger partial charge in [0.25, 0.3) is 0 Å². The molecule has 0 saturated carbocycles. The van der Waals surface area contributed by atoms with Crippen molar-refractivity contribution in [2.24, 2.45) is 0 Å². The third kappa shape index (κ3) is 4.26. The Morgan fingerprint density at radius 3 is 2.68 bits per heavy atom. The van der Waals surface area contributed by atoms with Crippen LogP contribution < -0.4 is 10.6 Å². The fourth-order valence-electron chi connectivity index (χ4n) is 5.51. The second-order valence-electron chi connectivity index (χ2n) is 10.0. The minimum absolute atomic E-state index is 0.122. The number of piperidine rings is 1. The van der Waals surface area contributed by atoms with Gasteiger partial charge in [0, 0.05) is 51.4 Å². The second kappa shape index (κ2) is 9.28. The number of hydrogen-bond acceptors (Lipinski definition) is 7. The van der Waals surface area contributed by atoms with E-state index in [1.807, 2.05) is 24.8 Å². The summed E-state index contributed by atoms with van der Waals surface area (Å²) in [6.07, 6.45) is 11.6. The molecule has 1 saturated heterocycles. The highest BCUT2D eigenvalue weighted by Crippen LogP contribution is 2.44. The molecule has 186 valence electrons. The van der Waals surface area contributed by atoms with Crippen LogP contribution in [-0.2, 0) is 6.54 Å². The Bertz CT molecular complexity index is 1580. The average Bonchev–Trinajstić information content (AvgIpc) is 3.66. The van der Waals surface area contributed by atoms with Crippen LogP contribution in [0.3, 0.4) is 0 Å². The summed E-state index contributed by atoms with van der Waals surface area (Å²) in [7, 11) is 0. The number of aryl methyl sites for hydroxylation is 1. The number of aromatic nitrogens is 4. The Kier molecular flexibility index (Phi) is 5.63. The third-order valence-electron chi connectivity index (χ3n) is 7.40. The predicted octanol–water partition coefficient (Wildman–Crippen LogP) is 6.58. The van der Waals surface area contributed by atoms with E-state index in [4.69, 9.17) is 0 Å². The first-order chi connectivity index (χ1) is 18.2. The molecular weight excluding hydrogens is 478 g/mol. The minimum atomic E-state index is -0.122. The standard InChI is InChI=1S/C29H29N7S/c1-18-5-8-26(37-18)23-15-31-16-25-27(23)33-29(32-25)28-22-12-20(6-7-24(22)34-35-28)21-11-19(13-30-14-21)17-36-9-3-2-4-10-36/h5-8,11-16,29,32-33H,2-4,9-10,17H2,1H3,(H,34,35). The van der Waals surface area contributed by atoms with Gasteiger partial charge in [0.1, 0.15) is 6.17 Å². The third-order valence-corrected chi connectivity index (χ3v) is 8.43. The van der Waals surface area contributed by atoms with Gasteiger partial charge in [-0.15, -0.1) is 11.3 Å². The topological polar surface area (TPSA) is 81.8 Å². The van der Waals surface area contributed by atoms with Gasteiger partial charge in [-0.05, 0) is 74.3 Å². The smallest absolute Gasteiger partial charge is 0.141 e. The molecule has 7 rings (SSSR count). The van der Waals surface area contributed by atoms with E-state index in [0.717, 1.165) is 51.2 Å². The summed E-state index contributed by atoms with van der Waals surface area (Å²) in [6, 6.07) is 13.1. The first-order valence-corrected chi connectivity index (χ1v) is 13.8. The van der Waals surface area contributed by atoms with E-state index >= 15 is 0 Å². The number of H-pyrrole nitrogens is 1. The molecule has 7 nitrogen and oxygen atoms in total. The summed E-state index contributed by atoms with van der Waals surface area (Å²) in [5.41, 5.74) is 8.71. The molecule has 0 amide bonds. The molecule has 0 aliphatic carbocycles. The van der Waals surface area contributed by atoms with Gasteiger partial charge < -0.3 is 10.6 Å². The second-order valence-corrected chi connectivity index (χ2v) is 11.3. The Morgan fingerprint density at radius 1 is 0.919 bits per heavy atom. The van der Waals surface area contributed by atoms with Gasteiger partial charge in [-0.2, -0.15) is 5.10 Å². The summed E-state index contributed by atoms with van der Waals surface area (Å²) in [6.45, 7) is 5.46. The molecule has 2 aliphatic rings. The van der Waals surface area contributed by atoms with E-state index in [1.165, 1.54) is 47.7 Å². The van der Waals surface area contributed by atoms with Gasteiger partial charge in [0.05, 0.1) is 28.8 Å². The summed E-state index contributed by atoms with van der Waals surface area (Å²) >= 11 is 1.78. The Hall–Kier alpha value is -3.75. The van der Waals surface area contributed by atoms with E-state index in [9.17, 15) is 0 Å². The van der Waals surface area contributed by atoms with Gasteiger partial charge in [0.2, 0.25) is 0 Å². The molecule has 1 unspecified atom stereocenters. The lowest BCUT2D eigenvalue weighted by molar-refractivity contribution is 0.220. The van der Waals surface area contributed by atoms with Gasteiger partial charge >= 0.3 is 0 Å². The summed E-state index contributed by atoms with van der Waals surface area (Å²) in [4.78, 5) is 14.1. The molecule has 0 spiro atoms. The summed E-state index contributed by atoms with van der Waals surface area (Å²) in [5.74, 6) is 0. The maximum absolute atomic E-state index is 4.60. The van der Waals surface area contributed by atoms with Gasteiger partial charge in [-0.25, -0.2) is 0 Å². The van der Waals surface area contributed by atoms with Crippen molar-refractivity contribution in [1.29, 1.82) is 0 Å². The van der Waals surface area contributed by atoms with E-state index in [1.54, 1.807) is 11.3 Å². The zero-order valence-corrected chi connectivity index (χ0v) is 21.6. The van der Waals surface area contributed by atoms with E-state index in [0.29, 0.717) is 0 Å². The number of anilines is 2. The number of aromatic amines is 1. The first-order valence-electron chi connectivity index (χ1n) is 12.9. The molecule has 0 bridgehead atoms. The fraction of sp³-hybridized carbons (Fsp3) is 0.276. The Labute approximate surface area is 220 Å². The van der Waals surface area contributed by atoms with Crippen LogP contribution in [0.4, 0.5) is 11.4 Å². The van der Waals surface area contributed by atoms with E-state index in [-0.39, 0.29) is 6.17 Å². The van der Waals surface area contributed by atoms with Crippen LogP contribution in [0.25, 0.3) is 32.5 Å². The highest BCUT2D eigenvalue weighted by atomic mass is 32.1. The number of fused-ring (bicyclic) bond motifs is 2. The molecule has 1 atom stereocenters. The van der Waals surface area contributed by atoms with Crippen LogP contribution in [0.2, 0.25) is 0 Å². The highest BCUT2D eigenvalue weighted by Gasteiger charge is 2.27. The maximum atomic E-state index is 4.60. The maximum Gasteiger partial charge on any atom is 0.141 e. The zero-order chi connectivity index (χ0) is 24.8. The van der Waals surface area contributed by atoms with Crippen LogP contribution in [0.1, 0.15) is 41.6 Å². The van der Waals surface area contributed by atoms with Crippen molar-refractivity contribution in [3.8, 4) is 21.6 Å². The molecular formula is C29H29N7S. The molecule has 1 fully saturated rings. The minimum Gasteiger partial charge on any atom is -0.358 e. The monoisotopic (exact) mass is 507 g/mol. The molecule has 37 heavy (non-hydrogen) atoms. The summed E-state index contributed by atoms with van der Waals surface area (Å²) < 4.78 is 0. The number of likely N-dealkylation sites (tertiary alicyclic amines) is 1. The van der Waals surface area contributed by atoms with Crippen molar-refractivity contribution >= 4 is 33.6 Å². The molecule has 0 radical (unpaired) electrons. The lowest BCUT2D eigenvalue weighted by atomic mass is 10.0. The largest absolute Gasteiger partial charge is 0.358 e. The molecule has 1 aromatic carbocycles. The van der Waals surface area contributed by atoms with Crippen molar-refractivity contribution in [2.45, 2.75) is 38.9 Å². The molecule has 5 aromatic rings. The Balaban J connectivity index is 1.18. The molecule has 2 aliphatic heterocycles. The van der Waals surface area contributed by atoms with Crippen molar-refractivity contribution in [3.05, 3.63) is 77.3 Å². The van der Waals surface area contributed by atoms with Crippen molar-refractivity contribution in [2.75, 3.05) is 23.7 Å².